The molecule has 0 aliphatic carbocycles. The highest BCUT2D eigenvalue weighted by Gasteiger charge is 2.28. The number of nitrogens with zero attached hydrogens (tertiary/aromatic N) is 3. The summed E-state index contributed by atoms with van der Waals surface area (Å²) in [6, 6.07) is 1.31. The first-order valence-corrected chi connectivity index (χ1v) is 9.32. The van der Waals surface area contributed by atoms with E-state index >= 15 is 0 Å². The lowest BCUT2D eigenvalue weighted by atomic mass is 10.0. The van der Waals surface area contributed by atoms with Crippen LogP contribution in [0.2, 0.25) is 0 Å². The number of likely N-dealkylation sites (tertiary alicyclic amines) is 2. The van der Waals surface area contributed by atoms with E-state index in [1.807, 2.05) is 4.90 Å². The first-order chi connectivity index (χ1) is 11.2. The molecule has 23 heavy (non-hydrogen) atoms. The van der Waals surface area contributed by atoms with Crippen LogP contribution in [0, 0.1) is 0 Å². The lowest BCUT2D eigenvalue weighted by molar-refractivity contribution is 0.0333. The normalized spacial score (nSPS) is 25.8. The smallest absolute Gasteiger partial charge is 0.319 e. The van der Waals surface area contributed by atoms with Crippen LogP contribution in [0.15, 0.2) is 0 Å². The van der Waals surface area contributed by atoms with Gasteiger partial charge in [-0.25, -0.2) is 4.79 Å². The number of ether oxygens (including phenoxy) is 1. The quantitative estimate of drug-likeness (QED) is 0.837. The molecule has 0 aromatic heterocycles. The monoisotopic (exact) mass is 324 g/mol. The van der Waals surface area contributed by atoms with Gasteiger partial charge in [-0.1, -0.05) is 0 Å². The van der Waals surface area contributed by atoms with Crippen molar-refractivity contribution in [3.05, 3.63) is 0 Å². The highest BCUT2D eigenvalue weighted by atomic mass is 16.5. The van der Waals surface area contributed by atoms with Crippen LogP contribution in [0.25, 0.3) is 0 Å². The molecule has 0 bridgehead atoms. The van der Waals surface area contributed by atoms with E-state index in [4.69, 9.17) is 4.74 Å². The minimum Gasteiger partial charge on any atom is -0.379 e. The molecule has 0 saturated carbocycles. The minimum absolute atomic E-state index is 0.266. The van der Waals surface area contributed by atoms with Gasteiger partial charge in [-0.2, -0.15) is 0 Å². The lowest BCUT2D eigenvalue weighted by Gasteiger charge is -2.37. The number of hydrogen-bond donors (Lipinski definition) is 1. The molecule has 132 valence electrons. The average Bonchev–Trinajstić information content (AvgIpc) is 3.10. The molecule has 0 aromatic carbocycles. The first kappa shape index (κ1) is 17.0. The number of carbonyl (C=O) groups is 1. The van der Waals surface area contributed by atoms with Gasteiger partial charge in [-0.3, -0.25) is 4.90 Å². The summed E-state index contributed by atoms with van der Waals surface area (Å²) >= 11 is 0. The van der Waals surface area contributed by atoms with Crippen LogP contribution in [-0.4, -0.2) is 91.8 Å². The van der Waals surface area contributed by atoms with Crippen LogP contribution in [0.4, 0.5) is 4.79 Å². The minimum atomic E-state index is 0.266. The van der Waals surface area contributed by atoms with Crippen molar-refractivity contribution < 1.29 is 9.53 Å². The van der Waals surface area contributed by atoms with E-state index in [-0.39, 0.29) is 6.03 Å². The molecule has 3 saturated heterocycles. The summed E-state index contributed by atoms with van der Waals surface area (Å²) in [5, 5.41) is 3.76. The number of rotatable bonds is 4. The highest BCUT2D eigenvalue weighted by molar-refractivity contribution is 5.74. The number of urea groups is 1. The molecule has 6 heteroatoms. The Kier molecular flexibility index (Phi) is 6.14. The number of nitrogens with one attached hydrogen (secondary N) is 1. The standard InChI is InChI=1S/C17H32N4O2/c1-15(14-19-10-12-23-13-11-19)18-16-4-8-21(9-5-16)17(22)20-6-2-3-7-20/h15-16,18H,2-14H2,1H3/t15-/m0/s1. The highest BCUT2D eigenvalue weighted by Crippen LogP contribution is 2.16. The third-order valence-corrected chi connectivity index (χ3v) is 5.30. The van der Waals surface area contributed by atoms with Gasteiger partial charge < -0.3 is 19.9 Å². The molecule has 3 rings (SSSR count). The zero-order valence-electron chi connectivity index (χ0n) is 14.5. The Morgan fingerprint density at radius 1 is 1.04 bits per heavy atom. The fourth-order valence-electron chi connectivity index (χ4n) is 3.97. The molecule has 1 atom stereocenters. The van der Waals surface area contributed by atoms with Crippen LogP contribution in [0.1, 0.15) is 32.6 Å². The summed E-state index contributed by atoms with van der Waals surface area (Å²) in [6.07, 6.45) is 4.49. The molecule has 6 nitrogen and oxygen atoms in total. The molecule has 3 fully saturated rings. The van der Waals surface area contributed by atoms with Crippen LogP contribution < -0.4 is 5.32 Å². The maximum absolute atomic E-state index is 12.4. The van der Waals surface area contributed by atoms with E-state index in [0.29, 0.717) is 12.1 Å². The Balaban J connectivity index is 1.35. The van der Waals surface area contributed by atoms with E-state index in [9.17, 15) is 4.79 Å². The molecule has 2 amide bonds. The Hall–Kier alpha value is -0.850. The summed E-state index contributed by atoms with van der Waals surface area (Å²) in [4.78, 5) is 19.0. The van der Waals surface area contributed by atoms with Crippen molar-refractivity contribution in [2.75, 3.05) is 59.0 Å². The predicted octanol–water partition coefficient (Wildman–Crippen LogP) is 0.977. The molecule has 3 aliphatic heterocycles. The van der Waals surface area contributed by atoms with Gasteiger partial charge in [0, 0.05) is 57.9 Å². The number of morpholine rings is 1. The molecule has 1 N–H and O–H groups in total. The van der Waals surface area contributed by atoms with E-state index < -0.39 is 0 Å². The maximum atomic E-state index is 12.4. The molecular formula is C17H32N4O2. The third-order valence-electron chi connectivity index (χ3n) is 5.30. The van der Waals surface area contributed by atoms with E-state index in [2.05, 4.69) is 22.0 Å². The van der Waals surface area contributed by atoms with Crippen LogP contribution >= 0.6 is 0 Å². The number of piperidine rings is 1. The fraction of sp³-hybridized carbons (Fsp3) is 0.941. The second-order valence-corrected chi connectivity index (χ2v) is 7.22. The molecule has 3 aliphatic rings. The van der Waals surface area contributed by atoms with Crippen molar-refractivity contribution in [2.45, 2.75) is 44.7 Å². The van der Waals surface area contributed by atoms with Crippen molar-refractivity contribution >= 4 is 6.03 Å². The largest absolute Gasteiger partial charge is 0.379 e. The van der Waals surface area contributed by atoms with Crippen molar-refractivity contribution in [1.82, 2.24) is 20.0 Å². The molecule has 0 aromatic rings. The summed E-state index contributed by atoms with van der Waals surface area (Å²) in [5.41, 5.74) is 0. The zero-order chi connectivity index (χ0) is 16.1. The number of carbonyl (C=O) groups excluding carboxylic acids is 1. The second kappa shape index (κ2) is 8.31. The van der Waals surface area contributed by atoms with E-state index in [0.717, 1.165) is 71.9 Å². The Labute approximate surface area is 140 Å². The van der Waals surface area contributed by atoms with Crippen LogP contribution in [0.5, 0.6) is 0 Å². The van der Waals surface area contributed by atoms with Gasteiger partial charge >= 0.3 is 6.03 Å². The van der Waals surface area contributed by atoms with Gasteiger partial charge in [0.15, 0.2) is 0 Å². The second-order valence-electron chi connectivity index (χ2n) is 7.22. The lowest BCUT2D eigenvalue weighted by Crippen LogP contribution is -2.52. The van der Waals surface area contributed by atoms with Crippen molar-refractivity contribution in [3.8, 4) is 0 Å². The Bertz CT molecular complexity index is 373. The van der Waals surface area contributed by atoms with Crippen molar-refractivity contribution in [3.63, 3.8) is 0 Å². The van der Waals surface area contributed by atoms with Gasteiger partial charge in [-0.05, 0) is 32.6 Å². The summed E-state index contributed by atoms with van der Waals surface area (Å²) in [7, 11) is 0. The van der Waals surface area contributed by atoms with Crippen molar-refractivity contribution in [2.24, 2.45) is 0 Å². The molecule has 3 heterocycles. The van der Waals surface area contributed by atoms with Crippen LogP contribution in [-0.2, 0) is 4.74 Å². The summed E-state index contributed by atoms with van der Waals surface area (Å²) in [6.45, 7) is 10.9. The Morgan fingerprint density at radius 2 is 1.65 bits per heavy atom. The van der Waals surface area contributed by atoms with Gasteiger partial charge in [0.05, 0.1) is 13.2 Å². The van der Waals surface area contributed by atoms with Crippen molar-refractivity contribution in [1.29, 1.82) is 0 Å². The SMILES string of the molecule is C[C@@H](CN1CCOCC1)NC1CCN(C(=O)N2CCCC2)CC1. The third kappa shape index (κ3) is 4.81. The molecule has 0 unspecified atom stereocenters. The topological polar surface area (TPSA) is 48.1 Å². The zero-order valence-corrected chi connectivity index (χ0v) is 14.5. The fourth-order valence-corrected chi connectivity index (χ4v) is 3.97. The molecule has 0 radical (unpaired) electrons. The number of amides is 2. The molecular weight excluding hydrogens is 292 g/mol. The average molecular weight is 324 g/mol. The van der Waals surface area contributed by atoms with Gasteiger partial charge in [0.2, 0.25) is 0 Å². The van der Waals surface area contributed by atoms with Gasteiger partial charge in [-0.15, -0.1) is 0 Å². The van der Waals surface area contributed by atoms with E-state index in [1.54, 1.807) is 0 Å². The maximum Gasteiger partial charge on any atom is 0.319 e. The molecule has 0 spiro atoms. The van der Waals surface area contributed by atoms with Gasteiger partial charge in [0.25, 0.3) is 0 Å². The summed E-state index contributed by atoms with van der Waals surface area (Å²) in [5.74, 6) is 0. The predicted molar refractivity (Wildman–Crippen MR) is 90.7 cm³/mol. The van der Waals surface area contributed by atoms with Crippen LogP contribution in [0.3, 0.4) is 0 Å². The summed E-state index contributed by atoms with van der Waals surface area (Å²) < 4.78 is 5.40. The number of hydrogen-bond acceptors (Lipinski definition) is 4. The Morgan fingerprint density at radius 3 is 2.30 bits per heavy atom. The van der Waals surface area contributed by atoms with Gasteiger partial charge in [0.1, 0.15) is 0 Å². The first-order valence-electron chi connectivity index (χ1n) is 9.32. The van der Waals surface area contributed by atoms with E-state index in [1.165, 1.54) is 12.8 Å².